The maximum atomic E-state index is 11.4. The second kappa shape index (κ2) is 5.80. The summed E-state index contributed by atoms with van der Waals surface area (Å²) in [5, 5.41) is 2.44. The second-order valence-electron chi connectivity index (χ2n) is 2.90. The fourth-order valence-electron chi connectivity index (χ4n) is 1.03. The summed E-state index contributed by atoms with van der Waals surface area (Å²) >= 11 is 0. The van der Waals surface area contributed by atoms with Gasteiger partial charge < -0.3 is 10.1 Å². The lowest BCUT2D eigenvalue weighted by Crippen LogP contribution is -2.26. The zero-order chi connectivity index (χ0) is 11.1. The fourth-order valence-corrected chi connectivity index (χ4v) is 1.03. The Morgan fingerprint density at radius 2 is 1.93 bits per heavy atom. The first-order valence-electron chi connectivity index (χ1n) is 4.73. The van der Waals surface area contributed by atoms with Crippen LogP contribution in [0.4, 0.5) is 4.79 Å². The van der Waals surface area contributed by atoms with Gasteiger partial charge in [0.2, 0.25) is 0 Å². The van der Waals surface area contributed by atoms with Gasteiger partial charge in [-0.15, -0.1) is 0 Å². The molecule has 0 bridgehead atoms. The van der Waals surface area contributed by atoms with Gasteiger partial charge in [-0.2, -0.15) is 0 Å². The molecule has 1 amide bonds. The number of carbonyl (C=O) groups excluding carboxylic acids is 2. The fraction of sp³-hybridized carbons (Fsp3) is 0.273. The molecule has 0 atom stereocenters. The Kier molecular flexibility index (Phi) is 4.34. The minimum absolute atomic E-state index is 0.207. The van der Waals surface area contributed by atoms with Gasteiger partial charge in [0.25, 0.3) is 0 Å². The van der Waals surface area contributed by atoms with E-state index in [0.717, 1.165) is 0 Å². The molecule has 0 saturated carbocycles. The van der Waals surface area contributed by atoms with Gasteiger partial charge in [0.15, 0.2) is 12.4 Å². The van der Waals surface area contributed by atoms with E-state index in [4.69, 9.17) is 4.74 Å². The number of nitrogens with one attached hydrogen (secondary N) is 1. The lowest BCUT2D eigenvalue weighted by Gasteiger charge is -2.04. The molecule has 1 rings (SSSR count). The zero-order valence-corrected chi connectivity index (χ0v) is 8.53. The second-order valence-corrected chi connectivity index (χ2v) is 2.90. The van der Waals surface area contributed by atoms with E-state index >= 15 is 0 Å². The van der Waals surface area contributed by atoms with Crippen LogP contribution in [0.5, 0.6) is 0 Å². The van der Waals surface area contributed by atoms with Crippen molar-refractivity contribution in [2.45, 2.75) is 6.92 Å². The number of Topliss-reactive ketones (excluding diaryl/α,β-unsaturated/α-hetero) is 1. The third kappa shape index (κ3) is 3.81. The van der Waals surface area contributed by atoms with E-state index in [9.17, 15) is 9.59 Å². The summed E-state index contributed by atoms with van der Waals surface area (Å²) < 4.78 is 4.70. The highest BCUT2D eigenvalue weighted by atomic mass is 16.5. The number of amides is 1. The SMILES string of the molecule is CCNC(=O)OCC(=O)c1ccccc1. The summed E-state index contributed by atoms with van der Waals surface area (Å²) in [5.74, 6) is -0.207. The molecule has 0 radical (unpaired) electrons. The molecule has 0 fully saturated rings. The van der Waals surface area contributed by atoms with Crippen LogP contribution in [0.2, 0.25) is 0 Å². The van der Waals surface area contributed by atoms with Crippen LogP contribution in [-0.2, 0) is 4.74 Å². The van der Waals surface area contributed by atoms with Crippen LogP contribution in [0.1, 0.15) is 17.3 Å². The molecule has 0 heterocycles. The van der Waals surface area contributed by atoms with Crippen molar-refractivity contribution in [1.29, 1.82) is 0 Å². The summed E-state index contributed by atoms with van der Waals surface area (Å²) in [6.07, 6.45) is -0.568. The van der Waals surface area contributed by atoms with E-state index in [2.05, 4.69) is 5.32 Å². The number of alkyl carbamates (subject to hydrolysis) is 1. The van der Waals surface area contributed by atoms with Crippen molar-refractivity contribution < 1.29 is 14.3 Å². The van der Waals surface area contributed by atoms with E-state index in [1.165, 1.54) is 0 Å². The summed E-state index contributed by atoms with van der Waals surface area (Å²) in [7, 11) is 0. The van der Waals surface area contributed by atoms with Gasteiger partial charge in [-0.25, -0.2) is 4.79 Å². The Hall–Kier alpha value is -1.84. The molecule has 0 aliphatic rings. The van der Waals surface area contributed by atoms with Crippen molar-refractivity contribution in [2.75, 3.05) is 13.2 Å². The van der Waals surface area contributed by atoms with Crippen LogP contribution in [0.3, 0.4) is 0 Å². The van der Waals surface area contributed by atoms with Crippen LogP contribution in [0.25, 0.3) is 0 Å². The summed E-state index contributed by atoms with van der Waals surface area (Å²) in [6, 6.07) is 8.72. The maximum absolute atomic E-state index is 11.4. The number of carbonyl (C=O) groups is 2. The Labute approximate surface area is 88.2 Å². The zero-order valence-electron chi connectivity index (χ0n) is 8.53. The number of hydrogen-bond donors (Lipinski definition) is 1. The van der Waals surface area contributed by atoms with Gasteiger partial charge in [-0.1, -0.05) is 30.3 Å². The van der Waals surface area contributed by atoms with Gasteiger partial charge in [-0.3, -0.25) is 4.79 Å². The molecule has 0 unspecified atom stereocenters. The van der Waals surface area contributed by atoms with E-state index < -0.39 is 6.09 Å². The van der Waals surface area contributed by atoms with Crippen LogP contribution < -0.4 is 5.32 Å². The quantitative estimate of drug-likeness (QED) is 0.763. The monoisotopic (exact) mass is 207 g/mol. The predicted octanol–water partition coefficient (Wildman–Crippen LogP) is 1.62. The van der Waals surface area contributed by atoms with E-state index in [1.807, 2.05) is 6.07 Å². The standard InChI is InChI=1S/C11H13NO3/c1-2-12-11(14)15-8-10(13)9-6-4-3-5-7-9/h3-7H,2,8H2,1H3,(H,12,14). The number of rotatable bonds is 4. The number of ketones is 1. The number of ether oxygens (including phenoxy) is 1. The van der Waals surface area contributed by atoms with Crippen molar-refractivity contribution in [3.63, 3.8) is 0 Å². The normalized spacial score (nSPS) is 9.40. The summed E-state index contributed by atoms with van der Waals surface area (Å²) in [4.78, 5) is 22.3. The first-order valence-corrected chi connectivity index (χ1v) is 4.73. The third-order valence-electron chi connectivity index (χ3n) is 1.75. The Morgan fingerprint density at radius 3 is 2.53 bits per heavy atom. The van der Waals surface area contributed by atoms with E-state index in [-0.39, 0.29) is 12.4 Å². The molecule has 0 aromatic heterocycles. The highest BCUT2D eigenvalue weighted by Crippen LogP contribution is 1.99. The first-order chi connectivity index (χ1) is 7.24. The lowest BCUT2D eigenvalue weighted by molar-refractivity contribution is 0.0845. The van der Waals surface area contributed by atoms with Crippen molar-refractivity contribution >= 4 is 11.9 Å². The van der Waals surface area contributed by atoms with Crippen molar-refractivity contribution in [3.05, 3.63) is 35.9 Å². The van der Waals surface area contributed by atoms with Crippen LogP contribution in [-0.4, -0.2) is 25.0 Å². The molecule has 0 saturated heterocycles. The smallest absolute Gasteiger partial charge is 0.407 e. The van der Waals surface area contributed by atoms with Crippen molar-refractivity contribution in [3.8, 4) is 0 Å². The molecule has 1 aromatic rings. The van der Waals surface area contributed by atoms with Gasteiger partial charge in [0, 0.05) is 12.1 Å². The third-order valence-corrected chi connectivity index (χ3v) is 1.75. The van der Waals surface area contributed by atoms with Crippen LogP contribution >= 0.6 is 0 Å². The maximum Gasteiger partial charge on any atom is 0.407 e. The molecule has 4 nitrogen and oxygen atoms in total. The Bertz CT molecular complexity index is 335. The summed E-state index contributed by atoms with van der Waals surface area (Å²) in [6.45, 7) is 2.04. The minimum Gasteiger partial charge on any atom is -0.441 e. The number of benzene rings is 1. The molecular weight excluding hydrogens is 194 g/mol. The molecule has 1 aromatic carbocycles. The van der Waals surface area contributed by atoms with Crippen molar-refractivity contribution in [1.82, 2.24) is 5.32 Å². The molecule has 4 heteroatoms. The largest absolute Gasteiger partial charge is 0.441 e. The van der Waals surface area contributed by atoms with E-state index in [0.29, 0.717) is 12.1 Å². The molecule has 0 spiro atoms. The highest BCUT2D eigenvalue weighted by molar-refractivity contribution is 5.97. The van der Waals surface area contributed by atoms with Gasteiger partial charge in [0.1, 0.15) is 0 Å². The van der Waals surface area contributed by atoms with E-state index in [1.54, 1.807) is 31.2 Å². The average molecular weight is 207 g/mol. The molecule has 0 aliphatic carbocycles. The highest BCUT2D eigenvalue weighted by Gasteiger charge is 2.07. The van der Waals surface area contributed by atoms with Gasteiger partial charge >= 0.3 is 6.09 Å². The first kappa shape index (κ1) is 11.2. The Morgan fingerprint density at radius 1 is 1.27 bits per heavy atom. The molecule has 0 aliphatic heterocycles. The van der Waals surface area contributed by atoms with Gasteiger partial charge in [-0.05, 0) is 6.92 Å². The summed E-state index contributed by atoms with van der Waals surface area (Å²) in [5.41, 5.74) is 0.543. The number of hydrogen-bond acceptors (Lipinski definition) is 3. The minimum atomic E-state index is -0.568. The molecule has 15 heavy (non-hydrogen) atoms. The van der Waals surface area contributed by atoms with Crippen molar-refractivity contribution in [2.24, 2.45) is 0 Å². The van der Waals surface area contributed by atoms with Crippen LogP contribution in [0, 0.1) is 0 Å². The predicted molar refractivity (Wildman–Crippen MR) is 55.8 cm³/mol. The lowest BCUT2D eigenvalue weighted by atomic mass is 10.1. The van der Waals surface area contributed by atoms with Crippen LogP contribution in [0.15, 0.2) is 30.3 Å². The average Bonchev–Trinajstić information content (AvgIpc) is 2.27. The Balaban J connectivity index is 2.40. The molecule has 80 valence electrons. The topological polar surface area (TPSA) is 55.4 Å². The molecular formula is C11H13NO3. The van der Waals surface area contributed by atoms with Gasteiger partial charge in [0.05, 0.1) is 0 Å². The molecule has 1 N–H and O–H groups in total.